The van der Waals surface area contributed by atoms with Crippen molar-refractivity contribution in [1.82, 2.24) is 9.80 Å². The molecule has 0 spiro atoms. The molecule has 0 bridgehead atoms. The topological polar surface area (TPSA) is 73.0 Å². The Labute approximate surface area is 182 Å². The maximum absolute atomic E-state index is 12.9. The van der Waals surface area contributed by atoms with Gasteiger partial charge in [-0.2, -0.15) is 13.2 Å². The maximum atomic E-state index is 12.9. The van der Waals surface area contributed by atoms with Crippen molar-refractivity contribution < 1.29 is 27.6 Å². The van der Waals surface area contributed by atoms with E-state index >= 15 is 0 Å². The highest BCUT2D eigenvalue weighted by Gasteiger charge is 2.33. The van der Waals surface area contributed by atoms with Gasteiger partial charge in [-0.15, -0.1) is 0 Å². The third-order valence-electron chi connectivity index (χ3n) is 5.65. The van der Waals surface area contributed by atoms with Crippen molar-refractivity contribution in [2.45, 2.75) is 6.18 Å². The van der Waals surface area contributed by atoms with Gasteiger partial charge < -0.3 is 10.2 Å². The molecule has 0 atom stereocenters. The Morgan fingerprint density at radius 1 is 0.969 bits per heavy atom. The number of hydrogen-bond donors (Lipinski definition) is 1. The Morgan fingerprint density at radius 3 is 2.34 bits per heavy atom. The summed E-state index contributed by atoms with van der Waals surface area (Å²) in [4.78, 5) is 41.3. The van der Waals surface area contributed by atoms with Gasteiger partial charge in [0, 0.05) is 44.6 Å². The Bertz CT molecular complexity index is 1080. The second-order valence-electron chi connectivity index (χ2n) is 7.79. The lowest BCUT2D eigenvalue weighted by molar-refractivity contribution is -0.137. The van der Waals surface area contributed by atoms with Crippen LogP contribution in [-0.2, 0) is 11.0 Å². The summed E-state index contributed by atoms with van der Waals surface area (Å²) in [7, 11) is 1.40. The van der Waals surface area contributed by atoms with Crippen molar-refractivity contribution in [3.63, 3.8) is 0 Å². The van der Waals surface area contributed by atoms with Crippen LogP contribution in [0.1, 0.15) is 26.3 Å². The van der Waals surface area contributed by atoms with E-state index in [0.29, 0.717) is 43.1 Å². The van der Waals surface area contributed by atoms with Gasteiger partial charge in [0.2, 0.25) is 5.91 Å². The van der Waals surface area contributed by atoms with E-state index in [9.17, 15) is 27.6 Å². The highest BCUT2D eigenvalue weighted by atomic mass is 19.4. The van der Waals surface area contributed by atoms with Crippen LogP contribution in [0.2, 0.25) is 0 Å². The van der Waals surface area contributed by atoms with E-state index in [0.717, 1.165) is 17.0 Å². The molecule has 0 saturated carbocycles. The molecule has 2 aromatic rings. The molecule has 10 heteroatoms. The number of halogens is 3. The summed E-state index contributed by atoms with van der Waals surface area (Å²) in [6, 6.07) is 9.81. The van der Waals surface area contributed by atoms with Crippen LogP contribution in [0.5, 0.6) is 0 Å². The number of rotatable bonds is 4. The van der Waals surface area contributed by atoms with Crippen LogP contribution in [0.4, 0.5) is 24.5 Å². The van der Waals surface area contributed by atoms with Crippen molar-refractivity contribution in [1.29, 1.82) is 0 Å². The molecule has 168 valence electrons. The van der Waals surface area contributed by atoms with Gasteiger partial charge in [0.15, 0.2) is 0 Å². The molecule has 0 radical (unpaired) electrons. The zero-order chi connectivity index (χ0) is 23.0. The van der Waals surface area contributed by atoms with Gasteiger partial charge in [-0.05, 0) is 36.4 Å². The van der Waals surface area contributed by atoms with Crippen LogP contribution in [0.3, 0.4) is 0 Å². The Hall–Kier alpha value is -3.40. The van der Waals surface area contributed by atoms with E-state index in [1.54, 1.807) is 12.1 Å². The van der Waals surface area contributed by atoms with E-state index in [2.05, 4.69) is 5.32 Å². The lowest BCUT2D eigenvalue weighted by Crippen LogP contribution is -2.48. The van der Waals surface area contributed by atoms with Crippen LogP contribution in [0, 0.1) is 0 Å². The predicted octanol–water partition coefficient (Wildman–Crippen LogP) is 2.69. The summed E-state index contributed by atoms with van der Waals surface area (Å²) in [5.74, 6) is -1.06. The van der Waals surface area contributed by atoms with Crippen LogP contribution in [-0.4, -0.2) is 67.3 Å². The quantitative estimate of drug-likeness (QED) is 0.732. The van der Waals surface area contributed by atoms with E-state index < -0.39 is 17.6 Å². The minimum atomic E-state index is -4.39. The average molecular weight is 446 g/mol. The van der Waals surface area contributed by atoms with Crippen molar-refractivity contribution in [2.24, 2.45) is 0 Å². The summed E-state index contributed by atoms with van der Waals surface area (Å²) >= 11 is 0. The van der Waals surface area contributed by atoms with Crippen LogP contribution < -0.4 is 10.2 Å². The van der Waals surface area contributed by atoms with Crippen LogP contribution in [0.25, 0.3) is 0 Å². The summed E-state index contributed by atoms with van der Waals surface area (Å²) in [5, 5.41) is 2.73. The summed E-state index contributed by atoms with van der Waals surface area (Å²) in [6.07, 6.45) is -4.39. The number of carbonyl (C=O) groups excluding carboxylic acids is 3. The Balaban J connectivity index is 1.32. The van der Waals surface area contributed by atoms with Gasteiger partial charge >= 0.3 is 6.18 Å². The zero-order valence-electron chi connectivity index (χ0n) is 17.3. The van der Waals surface area contributed by atoms with Gasteiger partial charge in [-0.3, -0.25) is 24.2 Å². The number of hydrogen-bond acceptors (Lipinski definition) is 5. The normalized spacial score (nSPS) is 17.0. The van der Waals surface area contributed by atoms with Crippen molar-refractivity contribution >= 4 is 29.1 Å². The smallest absolute Gasteiger partial charge is 0.369 e. The monoisotopic (exact) mass is 446 g/mol. The molecule has 2 aromatic carbocycles. The molecular formula is C22H21F3N4O3. The summed E-state index contributed by atoms with van der Waals surface area (Å²) in [6.45, 7) is 2.14. The highest BCUT2D eigenvalue weighted by molar-refractivity contribution is 6.21. The van der Waals surface area contributed by atoms with E-state index in [1.807, 2.05) is 9.80 Å². The van der Waals surface area contributed by atoms with Crippen LogP contribution >= 0.6 is 0 Å². The number of amides is 3. The third kappa shape index (κ3) is 4.31. The standard InChI is InChI=1S/C22H21F3N4O3/c1-27-20(31)17-6-5-15(12-18(17)21(27)32)26-19(30)13-28-7-9-29(10-8-28)16-4-2-3-14(11-16)22(23,24)25/h2-6,11-12H,7-10,13H2,1H3,(H,26,30). The number of alkyl halides is 3. The van der Waals surface area contributed by atoms with Gasteiger partial charge in [0.05, 0.1) is 23.2 Å². The second-order valence-corrected chi connectivity index (χ2v) is 7.79. The molecule has 7 nitrogen and oxygen atoms in total. The van der Waals surface area contributed by atoms with E-state index in [4.69, 9.17) is 0 Å². The lowest BCUT2D eigenvalue weighted by atomic mass is 10.1. The van der Waals surface area contributed by atoms with E-state index in [1.165, 1.54) is 25.2 Å². The fourth-order valence-corrected chi connectivity index (χ4v) is 3.89. The Kier molecular flexibility index (Phi) is 5.64. The molecule has 1 N–H and O–H groups in total. The van der Waals surface area contributed by atoms with Gasteiger partial charge in [0.1, 0.15) is 0 Å². The van der Waals surface area contributed by atoms with Crippen molar-refractivity contribution in [2.75, 3.05) is 50.0 Å². The molecule has 2 aliphatic rings. The van der Waals surface area contributed by atoms with Crippen molar-refractivity contribution in [3.8, 4) is 0 Å². The average Bonchev–Trinajstić information content (AvgIpc) is 2.97. The SMILES string of the molecule is CN1C(=O)c2ccc(NC(=O)CN3CCN(c4cccc(C(F)(F)F)c4)CC3)cc2C1=O. The number of imide groups is 1. The van der Waals surface area contributed by atoms with E-state index in [-0.39, 0.29) is 23.9 Å². The minimum Gasteiger partial charge on any atom is -0.369 e. The largest absolute Gasteiger partial charge is 0.416 e. The maximum Gasteiger partial charge on any atom is 0.416 e. The fraction of sp³-hybridized carbons (Fsp3) is 0.318. The first-order valence-corrected chi connectivity index (χ1v) is 10.0. The molecule has 32 heavy (non-hydrogen) atoms. The number of anilines is 2. The molecule has 0 aliphatic carbocycles. The number of piperazine rings is 1. The molecule has 2 aliphatic heterocycles. The predicted molar refractivity (Wildman–Crippen MR) is 112 cm³/mol. The first-order valence-electron chi connectivity index (χ1n) is 10.0. The van der Waals surface area contributed by atoms with Gasteiger partial charge in [0.25, 0.3) is 11.8 Å². The number of fused-ring (bicyclic) bond motifs is 1. The molecule has 2 heterocycles. The molecule has 0 aromatic heterocycles. The first-order chi connectivity index (χ1) is 15.1. The second kappa shape index (κ2) is 8.27. The molecule has 3 amide bonds. The molecule has 1 saturated heterocycles. The minimum absolute atomic E-state index is 0.111. The third-order valence-corrected chi connectivity index (χ3v) is 5.65. The van der Waals surface area contributed by atoms with Crippen LogP contribution in [0.15, 0.2) is 42.5 Å². The number of carbonyl (C=O) groups is 3. The molecule has 0 unspecified atom stereocenters. The van der Waals surface area contributed by atoms with Gasteiger partial charge in [-0.25, -0.2) is 0 Å². The number of benzene rings is 2. The lowest BCUT2D eigenvalue weighted by Gasteiger charge is -2.36. The molecule has 4 rings (SSSR count). The summed E-state index contributed by atoms with van der Waals surface area (Å²) < 4.78 is 38.8. The Morgan fingerprint density at radius 2 is 1.66 bits per heavy atom. The number of nitrogens with zero attached hydrogens (tertiary/aromatic N) is 3. The first kappa shape index (κ1) is 21.8. The number of nitrogens with one attached hydrogen (secondary N) is 1. The zero-order valence-corrected chi connectivity index (χ0v) is 17.3. The molecular weight excluding hydrogens is 425 g/mol. The summed E-state index contributed by atoms with van der Waals surface area (Å²) in [5.41, 5.74) is 0.808. The highest BCUT2D eigenvalue weighted by Crippen LogP contribution is 2.32. The fourth-order valence-electron chi connectivity index (χ4n) is 3.89. The van der Waals surface area contributed by atoms with Crippen molar-refractivity contribution in [3.05, 3.63) is 59.2 Å². The van der Waals surface area contributed by atoms with Gasteiger partial charge in [-0.1, -0.05) is 6.07 Å². The molecule has 1 fully saturated rings.